The number of fused-ring (bicyclic) bond motifs is 1. The molecule has 2 N–H and O–H groups in total. The fraction of sp³-hybridized carbons (Fsp3) is 0.318. The molecular weight excluding hydrogens is 341 g/mol. The number of phenolic OH excluding ortho intramolecular Hbond substituents is 1. The zero-order chi connectivity index (χ0) is 19.0. The van der Waals surface area contributed by atoms with Gasteiger partial charge in [0.05, 0.1) is 11.9 Å². The quantitative estimate of drug-likeness (QED) is 0.715. The summed E-state index contributed by atoms with van der Waals surface area (Å²) < 4.78 is 15.2. The molecule has 1 heterocycles. The van der Waals surface area contributed by atoms with Gasteiger partial charge in [-0.3, -0.25) is 0 Å². The minimum absolute atomic E-state index is 0.136. The highest BCUT2D eigenvalue weighted by molar-refractivity contribution is 5.38. The second-order valence-corrected chi connectivity index (χ2v) is 8.08. The van der Waals surface area contributed by atoms with Gasteiger partial charge in [0.1, 0.15) is 11.6 Å². The molecule has 1 aromatic heterocycles. The molecule has 1 atom stereocenters. The number of phenols is 1. The van der Waals surface area contributed by atoms with Crippen molar-refractivity contribution < 1.29 is 9.50 Å². The fourth-order valence-electron chi connectivity index (χ4n) is 3.88. The summed E-state index contributed by atoms with van der Waals surface area (Å²) in [5, 5.41) is 17.7. The molecular formula is C22H24FN3O. The van der Waals surface area contributed by atoms with E-state index in [0.717, 1.165) is 30.6 Å². The smallest absolute Gasteiger partial charge is 0.123 e. The van der Waals surface area contributed by atoms with E-state index < -0.39 is 0 Å². The first-order chi connectivity index (χ1) is 12.9. The molecule has 1 aliphatic carbocycles. The van der Waals surface area contributed by atoms with Crippen LogP contribution in [0.4, 0.5) is 4.39 Å². The van der Waals surface area contributed by atoms with Gasteiger partial charge in [-0.25, -0.2) is 9.07 Å². The summed E-state index contributed by atoms with van der Waals surface area (Å²) in [6.45, 7) is 5.27. The highest BCUT2D eigenvalue weighted by Crippen LogP contribution is 2.41. The van der Waals surface area contributed by atoms with E-state index in [0.29, 0.717) is 0 Å². The van der Waals surface area contributed by atoms with Crippen molar-refractivity contribution in [2.75, 3.05) is 0 Å². The molecule has 27 heavy (non-hydrogen) atoms. The summed E-state index contributed by atoms with van der Waals surface area (Å²) in [5.41, 5.74) is 4.53. The highest BCUT2D eigenvalue weighted by Gasteiger charge is 2.35. The molecule has 4 nitrogen and oxygen atoms in total. The van der Waals surface area contributed by atoms with Gasteiger partial charge in [0, 0.05) is 23.8 Å². The van der Waals surface area contributed by atoms with Crippen LogP contribution in [0, 0.1) is 11.2 Å². The van der Waals surface area contributed by atoms with E-state index in [1.807, 2.05) is 23.0 Å². The SMILES string of the molecule is CC1(C)Cc2c(cnn2-c2ccc(F)cc2)[C@@H](NCc2ccc(O)cc2)C1. The van der Waals surface area contributed by atoms with E-state index in [2.05, 4.69) is 24.3 Å². The number of nitrogens with zero attached hydrogens (tertiary/aromatic N) is 2. The lowest BCUT2D eigenvalue weighted by molar-refractivity contribution is 0.253. The Morgan fingerprint density at radius 3 is 2.56 bits per heavy atom. The summed E-state index contributed by atoms with van der Waals surface area (Å²) in [4.78, 5) is 0. The highest BCUT2D eigenvalue weighted by atomic mass is 19.1. The van der Waals surface area contributed by atoms with Crippen LogP contribution in [0.5, 0.6) is 5.75 Å². The van der Waals surface area contributed by atoms with Crippen molar-refractivity contribution in [2.24, 2.45) is 5.41 Å². The van der Waals surface area contributed by atoms with Crippen LogP contribution in [-0.2, 0) is 13.0 Å². The average molecular weight is 365 g/mol. The third-order valence-corrected chi connectivity index (χ3v) is 5.24. The normalized spacial score (nSPS) is 18.3. The topological polar surface area (TPSA) is 50.1 Å². The first-order valence-corrected chi connectivity index (χ1v) is 9.25. The van der Waals surface area contributed by atoms with Gasteiger partial charge in [-0.05, 0) is 60.2 Å². The van der Waals surface area contributed by atoms with Crippen molar-refractivity contribution in [1.29, 1.82) is 0 Å². The average Bonchev–Trinajstić information content (AvgIpc) is 3.04. The molecule has 3 aromatic rings. The molecule has 5 heteroatoms. The third kappa shape index (κ3) is 3.74. The van der Waals surface area contributed by atoms with Crippen LogP contribution in [-0.4, -0.2) is 14.9 Å². The number of aromatic hydroxyl groups is 1. The maximum atomic E-state index is 13.3. The Bertz CT molecular complexity index is 929. The summed E-state index contributed by atoms with van der Waals surface area (Å²) in [5.74, 6) is 0.0361. The minimum Gasteiger partial charge on any atom is -0.508 e. The van der Waals surface area contributed by atoms with E-state index in [1.165, 1.54) is 23.4 Å². The Kier molecular flexibility index (Phi) is 4.48. The lowest BCUT2D eigenvalue weighted by atomic mass is 9.74. The number of aromatic nitrogens is 2. The minimum atomic E-state index is -0.242. The monoisotopic (exact) mass is 365 g/mol. The molecule has 0 radical (unpaired) electrons. The lowest BCUT2D eigenvalue weighted by Gasteiger charge is -2.36. The number of hydrogen-bond acceptors (Lipinski definition) is 3. The molecule has 0 bridgehead atoms. The third-order valence-electron chi connectivity index (χ3n) is 5.24. The largest absolute Gasteiger partial charge is 0.508 e. The Morgan fingerprint density at radius 2 is 1.85 bits per heavy atom. The van der Waals surface area contributed by atoms with Crippen LogP contribution >= 0.6 is 0 Å². The van der Waals surface area contributed by atoms with Gasteiger partial charge in [0.2, 0.25) is 0 Å². The van der Waals surface area contributed by atoms with E-state index in [9.17, 15) is 9.50 Å². The predicted molar refractivity (Wildman–Crippen MR) is 103 cm³/mol. The van der Waals surface area contributed by atoms with Crippen molar-refractivity contribution in [3.63, 3.8) is 0 Å². The lowest BCUT2D eigenvalue weighted by Crippen LogP contribution is -2.33. The molecule has 0 amide bonds. The second-order valence-electron chi connectivity index (χ2n) is 8.08. The van der Waals surface area contributed by atoms with E-state index in [4.69, 9.17) is 0 Å². The predicted octanol–water partition coefficient (Wildman–Crippen LogP) is 4.52. The second kappa shape index (κ2) is 6.82. The first kappa shape index (κ1) is 17.7. The standard InChI is InChI=1S/C22H24FN3O/c1-22(2)11-20(24-13-15-3-9-18(27)10-4-15)19-14-25-26(21(19)12-22)17-7-5-16(23)6-8-17/h3-10,14,20,24,27H,11-13H2,1-2H3/t20-/m0/s1. The van der Waals surface area contributed by atoms with E-state index in [-0.39, 0.29) is 23.0 Å². The molecule has 0 spiro atoms. The van der Waals surface area contributed by atoms with Crippen LogP contribution in [0.1, 0.15) is 43.1 Å². The zero-order valence-electron chi connectivity index (χ0n) is 15.6. The van der Waals surface area contributed by atoms with Crippen LogP contribution in [0.25, 0.3) is 5.69 Å². The summed E-state index contributed by atoms with van der Waals surface area (Å²) in [6.07, 6.45) is 3.88. The van der Waals surface area contributed by atoms with Crippen molar-refractivity contribution >= 4 is 0 Å². The summed E-state index contributed by atoms with van der Waals surface area (Å²) in [6, 6.07) is 14.0. The number of halogens is 1. The van der Waals surface area contributed by atoms with Gasteiger partial charge in [0.25, 0.3) is 0 Å². The summed E-state index contributed by atoms with van der Waals surface area (Å²) >= 11 is 0. The van der Waals surface area contributed by atoms with Crippen LogP contribution in [0.3, 0.4) is 0 Å². The van der Waals surface area contributed by atoms with E-state index >= 15 is 0 Å². The molecule has 0 saturated heterocycles. The molecule has 1 aliphatic rings. The van der Waals surface area contributed by atoms with Gasteiger partial charge in [0.15, 0.2) is 0 Å². The van der Waals surface area contributed by atoms with Crippen molar-refractivity contribution in [1.82, 2.24) is 15.1 Å². The van der Waals surface area contributed by atoms with Crippen LogP contribution in [0.15, 0.2) is 54.7 Å². The molecule has 0 saturated carbocycles. The first-order valence-electron chi connectivity index (χ1n) is 9.25. The molecule has 4 rings (SSSR count). The van der Waals surface area contributed by atoms with Gasteiger partial charge in [-0.1, -0.05) is 26.0 Å². The summed E-state index contributed by atoms with van der Waals surface area (Å²) in [7, 11) is 0. The fourth-order valence-corrected chi connectivity index (χ4v) is 3.88. The number of rotatable bonds is 4. The Labute approximate surface area is 158 Å². The molecule has 0 fully saturated rings. The molecule has 140 valence electrons. The van der Waals surface area contributed by atoms with Crippen LogP contribution in [0.2, 0.25) is 0 Å². The molecule has 0 aliphatic heterocycles. The van der Waals surface area contributed by atoms with Gasteiger partial charge < -0.3 is 10.4 Å². The van der Waals surface area contributed by atoms with Gasteiger partial charge in [-0.15, -0.1) is 0 Å². The molecule has 0 unspecified atom stereocenters. The maximum absolute atomic E-state index is 13.3. The van der Waals surface area contributed by atoms with Crippen LogP contribution < -0.4 is 5.32 Å². The number of hydrogen-bond donors (Lipinski definition) is 2. The molecule has 2 aromatic carbocycles. The maximum Gasteiger partial charge on any atom is 0.123 e. The van der Waals surface area contributed by atoms with Gasteiger partial charge >= 0.3 is 0 Å². The Hall–Kier alpha value is -2.66. The van der Waals surface area contributed by atoms with Crippen molar-refractivity contribution in [3.8, 4) is 11.4 Å². The van der Waals surface area contributed by atoms with Gasteiger partial charge in [-0.2, -0.15) is 5.10 Å². The number of nitrogens with one attached hydrogen (secondary N) is 1. The Morgan fingerprint density at radius 1 is 1.15 bits per heavy atom. The van der Waals surface area contributed by atoms with E-state index in [1.54, 1.807) is 24.3 Å². The zero-order valence-corrected chi connectivity index (χ0v) is 15.6. The van der Waals surface area contributed by atoms with Crippen molar-refractivity contribution in [2.45, 2.75) is 39.3 Å². The Balaban J connectivity index is 1.61. The number of benzene rings is 2. The van der Waals surface area contributed by atoms with Crippen molar-refractivity contribution in [3.05, 3.63) is 77.4 Å².